The number of carbonyl (C=O) groups excluding carboxylic acids is 2. The number of thioether (sulfide) groups is 1. The zero-order valence-electron chi connectivity index (χ0n) is 15.2. The molecule has 2 rings (SSSR count). The van der Waals surface area contributed by atoms with E-state index in [4.69, 9.17) is 0 Å². The molecule has 2 amide bonds. The SMILES string of the molecule is CSc1ccc(C(CC(=O)O)NC(=O)c2ccc(CNC(C)=O)cc2)cc1. The monoisotopic (exact) mass is 386 g/mol. The highest BCUT2D eigenvalue weighted by Gasteiger charge is 2.19. The second-order valence-corrected chi connectivity index (χ2v) is 6.88. The Morgan fingerprint density at radius 1 is 1.04 bits per heavy atom. The van der Waals surface area contributed by atoms with Crippen LogP contribution in [0.2, 0.25) is 0 Å². The predicted octanol–water partition coefficient (Wildman–Crippen LogP) is 2.99. The van der Waals surface area contributed by atoms with Crippen molar-refractivity contribution in [3.63, 3.8) is 0 Å². The summed E-state index contributed by atoms with van der Waals surface area (Å²) in [5, 5.41) is 14.7. The van der Waals surface area contributed by atoms with Crippen molar-refractivity contribution in [1.82, 2.24) is 10.6 Å². The summed E-state index contributed by atoms with van der Waals surface area (Å²) >= 11 is 1.59. The number of carboxylic acids is 1. The van der Waals surface area contributed by atoms with Gasteiger partial charge in [0.1, 0.15) is 0 Å². The predicted molar refractivity (Wildman–Crippen MR) is 105 cm³/mol. The van der Waals surface area contributed by atoms with Crippen molar-refractivity contribution in [3.05, 3.63) is 65.2 Å². The van der Waals surface area contributed by atoms with Gasteiger partial charge in [-0.05, 0) is 41.6 Å². The smallest absolute Gasteiger partial charge is 0.305 e. The van der Waals surface area contributed by atoms with E-state index in [1.54, 1.807) is 36.0 Å². The van der Waals surface area contributed by atoms with Crippen molar-refractivity contribution in [1.29, 1.82) is 0 Å². The van der Waals surface area contributed by atoms with Crippen LogP contribution < -0.4 is 10.6 Å². The first-order valence-corrected chi connectivity index (χ1v) is 9.61. The van der Waals surface area contributed by atoms with E-state index in [-0.39, 0.29) is 18.2 Å². The zero-order valence-corrected chi connectivity index (χ0v) is 16.0. The summed E-state index contributed by atoms with van der Waals surface area (Å²) in [6.45, 7) is 1.83. The van der Waals surface area contributed by atoms with Gasteiger partial charge in [0.15, 0.2) is 0 Å². The van der Waals surface area contributed by atoms with Gasteiger partial charge < -0.3 is 15.7 Å². The Morgan fingerprint density at radius 3 is 2.19 bits per heavy atom. The summed E-state index contributed by atoms with van der Waals surface area (Å²) in [5.74, 6) is -1.46. The summed E-state index contributed by atoms with van der Waals surface area (Å²) in [6.07, 6.45) is 1.76. The highest BCUT2D eigenvalue weighted by molar-refractivity contribution is 7.98. The van der Waals surface area contributed by atoms with Crippen molar-refractivity contribution in [2.75, 3.05) is 6.26 Å². The van der Waals surface area contributed by atoms with Gasteiger partial charge in [-0.15, -0.1) is 11.8 Å². The minimum Gasteiger partial charge on any atom is -0.481 e. The van der Waals surface area contributed by atoms with E-state index in [2.05, 4.69) is 10.6 Å². The molecule has 0 radical (unpaired) electrons. The van der Waals surface area contributed by atoms with Crippen LogP contribution in [0.5, 0.6) is 0 Å². The number of nitrogens with one attached hydrogen (secondary N) is 2. The third-order valence-electron chi connectivity index (χ3n) is 3.96. The molecule has 0 aromatic heterocycles. The summed E-state index contributed by atoms with van der Waals surface area (Å²) in [6, 6.07) is 13.7. The molecule has 1 unspecified atom stereocenters. The number of amides is 2. The quantitative estimate of drug-likeness (QED) is 0.606. The molecule has 0 aliphatic rings. The van der Waals surface area contributed by atoms with Gasteiger partial charge in [-0.1, -0.05) is 24.3 Å². The number of carboxylic acid groups (broad SMARTS) is 1. The van der Waals surface area contributed by atoms with Gasteiger partial charge in [0.2, 0.25) is 5.91 Å². The standard InChI is InChI=1S/C20H22N2O4S/c1-13(23)21-12-14-3-5-16(6-4-14)20(26)22-18(11-19(24)25)15-7-9-17(27-2)10-8-15/h3-10,18H,11-12H2,1-2H3,(H,21,23)(H,22,26)(H,24,25). The highest BCUT2D eigenvalue weighted by Crippen LogP contribution is 2.22. The maximum atomic E-state index is 12.5. The molecule has 0 bridgehead atoms. The molecule has 6 nitrogen and oxygen atoms in total. The molecule has 0 aliphatic carbocycles. The fraction of sp³-hybridized carbons (Fsp3) is 0.250. The Hall–Kier alpha value is -2.80. The molecule has 3 N–H and O–H groups in total. The lowest BCUT2D eigenvalue weighted by Crippen LogP contribution is -2.30. The molecule has 0 spiro atoms. The Balaban J connectivity index is 2.10. The average Bonchev–Trinajstić information content (AvgIpc) is 2.66. The van der Waals surface area contributed by atoms with Crippen LogP contribution in [0, 0.1) is 0 Å². The first-order chi connectivity index (χ1) is 12.9. The molecule has 7 heteroatoms. The van der Waals surface area contributed by atoms with Gasteiger partial charge in [0, 0.05) is 23.9 Å². The number of carbonyl (C=O) groups is 3. The summed E-state index contributed by atoms with van der Waals surface area (Å²) in [7, 11) is 0. The van der Waals surface area contributed by atoms with Crippen LogP contribution in [-0.4, -0.2) is 29.1 Å². The fourth-order valence-corrected chi connectivity index (χ4v) is 2.91. The topological polar surface area (TPSA) is 95.5 Å². The van der Waals surface area contributed by atoms with Crippen LogP contribution in [0.25, 0.3) is 0 Å². The van der Waals surface area contributed by atoms with Crippen LogP contribution in [0.3, 0.4) is 0 Å². The van der Waals surface area contributed by atoms with E-state index >= 15 is 0 Å². The molecule has 2 aromatic rings. The first kappa shape index (κ1) is 20.5. The Labute approximate surface area is 162 Å². The summed E-state index contributed by atoms with van der Waals surface area (Å²) in [4.78, 5) is 35.8. The fourth-order valence-electron chi connectivity index (χ4n) is 2.51. The number of benzene rings is 2. The molecule has 27 heavy (non-hydrogen) atoms. The Bertz CT molecular complexity index is 804. The van der Waals surface area contributed by atoms with Gasteiger partial charge >= 0.3 is 5.97 Å². The minimum absolute atomic E-state index is 0.124. The van der Waals surface area contributed by atoms with Gasteiger partial charge in [0.25, 0.3) is 5.91 Å². The Morgan fingerprint density at radius 2 is 1.67 bits per heavy atom. The molecular formula is C20H22N2O4S. The molecule has 1 atom stereocenters. The van der Waals surface area contributed by atoms with Crippen molar-refractivity contribution < 1.29 is 19.5 Å². The van der Waals surface area contributed by atoms with E-state index in [1.807, 2.05) is 30.5 Å². The van der Waals surface area contributed by atoms with Crippen LogP contribution in [0.1, 0.15) is 40.9 Å². The molecular weight excluding hydrogens is 364 g/mol. The number of rotatable bonds is 8. The lowest BCUT2D eigenvalue weighted by molar-refractivity contribution is -0.137. The van der Waals surface area contributed by atoms with E-state index < -0.39 is 12.0 Å². The van der Waals surface area contributed by atoms with Gasteiger partial charge in [-0.3, -0.25) is 14.4 Å². The maximum absolute atomic E-state index is 12.5. The lowest BCUT2D eigenvalue weighted by Gasteiger charge is -2.18. The number of hydrogen-bond acceptors (Lipinski definition) is 4. The van der Waals surface area contributed by atoms with Gasteiger partial charge in [-0.25, -0.2) is 0 Å². The molecule has 2 aromatic carbocycles. The second kappa shape index (κ2) is 9.78. The molecule has 0 saturated heterocycles. The van der Waals surface area contributed by atoms with Crippen LogP contribution in [-0.2, 0) is 16.1 Å². The third kappa shape index (κ3) is 6.45. The van der Waals surface area contributed by atoms with Crippen molar-refractivity contribution in [2.24, 2.45) is 0 Å². The third-order valence-corrected chi connectivity index (χ3v) is 4.70. The van der Waals surface area contributed by atoms with E-state index in [9.17, 15) is 19.5 Å². The first-order valence-electron chi connectivity index (χ1n) is 8.39. The molecule has 0 heterocycles. The largest absolute Gasteiger partial charge is 0.481 e. The van der Waals surface area contributed by atoms with Gasteiger partial charge in [0.05, 0.1) is 12.5 Å². The Kier molecular flexibility index (Phi) is 7.43. The maximum Gasteiger partial charge on any atom is 0.305 e. The molecule has 142 valence electrons. The van der Waals surface area contributed by atoms with E-state index in [1.165, 1.54) is 6.92 Å². The minimum atomic E-state index is -0.986. The lowest BCUT2D eigenvalue weighted by atomic mass is 10.0. The number of hydrogen-bond donors (Lipinski definition) is 3. The zero-order chi connectivity index (χ0) is 19.8. The van der Waals surface area contributed by atoms with Crippen LogP contribution in [0.15, 0.2) is 53.4 Å². The van der Waals surface area contributed by atoms with Crippen molar-refractivity contribution >= 4 is 29.5 Å². The average molecular weight is 386 g/mol. The summed E-state index contributed by atoms with van der Waals surface area (Å²) in [5.41, 5.74) is 2.04. The molecule has 0 saturated carbocycles. The van der Waals surface area contributed by atoms with Crippen molar-refractivity contribution in [2.45, 2.75) is 30.8 Å². The van der Waals surface area contributed by atoms with E-state index in [0.717, 1.165) is 16.0 Å². The molecule has 0 fully saturated rings. The van der Waals surface area contributed by atoms with Crippen molar-refractivity contribution in [3.8, 4) is 0 Å². The van der Waals surface area contributed by atoms with Crippen LogP contribution in [0.4, 0.5) is 0 Å². The summed E-state index contributed by atoms with van der Waals surface area (Å²) < 4.78 is 0. The van der Waals surface area contributed by atoms with Gasteiger partial charge in [-0.2, -0.15) is 0 Å². The highest BCUT2D eigenvalue weighted by atomic mass is 32.2. The number of aliphatic carboxylic acids is 1. The normalized spacial score (nSPS) is 11.5. The molecule has 0 aliphatic heterocycles. The van der Waals surface area contributed by atoms with Crippen LogP contribution >= 0.6 is 11.8 Å². The van der Waals surface area contributed by atoms with E-state index in [0.29, 0.717) is 12.1 Å². The second-order valence-electron chi connectivity index (χ2n) is 6.00.